The quantitative estimate of drug-likeness (QED) is 0.850. The lowest BCUT2D eigenvalue weighted by Crippen LogP contribution is -2.23. The van der Waals surface area contributed by atoms with Crippen molar-refractivity contribution in [2.75, 3.05) is 5.73 Å². The van der Waals surface area contributed by atoms with Gasteiger partial charge in [-0.2, -0.15) is 0 Å². The Morgan fingerprint density at radius 1 is 1.56 bits per heavy atom. The van der Waals surface area contributed by atoms with Crippen LogP contribution in [0.4, 0.5) is 5.69 Å². The van der Waals surface area contributed by atoms with E-state index in [1.807, 2.05) is 12.3 Å². The number of nitrogens with zero attached hydrogens (tertiary/aromatic N) is 1. The van der Waals surface area contributed by atoms with Crippen LogP contribution >= 0.6 is 22.9 Å². The van der Waals surface area contributed by atoms with Crippen LogP contribution < -0.4 is 11.1 Å². The number of halogens is 1. The van der Waals surface area contributed by atoms with E-state index >= 15 is 0 Å². The summed E-state index contributed by atoms with van der Waals surface area (Å²) in [6.45, 7) is 2.30. The number of carbonyl (C=O) groups is 1. The molecule has 0 unspecified atom stereocenters. The zero-order chi connectivity index (χ0) is 13.1. The molecule has 3 N–H and O–H groups in total. The summed E-state index contributed by atoms with van der Waals surface area (Å²) in [6, 6.07) is 4.83. The maximum absolute atomic E-state index is 11.9. The smallest absolute Gasteiger partial charge is 0.253 e. The molecule has 1 amide bonds. The molecule has 0 aliphatic carbocycles. The highest BCUT2D eigenvalue weighted by Crippen LogP contribution is 2.18. The van der Waals surface area contributed by atoms with Crippen LogP contribution in [0.25, 0.3) is 0 Å². The fourth-order valence-electron chi connectivity index (χ4n) is 1.47. The van der Waals surface area contributed by atoms with Gasteiger partial charge in [0.1, 0.15) is 0 Å². The van der Waals surface area contributed by atoms with Gasteiger partial charge in [0.15, 0.2) is 0 Å². The third kappa shape index (κ3) is 3.00. The first-order valence-electron chi connectivity index (χ1n) is 5.30. The van der Waals surface area contributed by atoms with Gasteiger partial charge < -0.3 is 11.1 Å². The number of aryl methyl sites for hydroxylation is 1. The molecule has 1 aromatic carbocycles. The molecule has 94 valence electrons. The van der Waals surface area contributed by atoms with Gasteiger partial charge in [0.2, 0.25) is 0 Å². The second-order valence-electron chi connectivity index (χ2n) is 3.78. The Bertz CT molecular complexity index is 582. The van der Waals surface area contributed by atoms with Crippen LogP contribution in [0.5, 0.6) is 0 Å². The molecule has 18 heavy (non-hydrogen) atoms. The highest BCUT2D eigenvalue weighted by molar-refractivity contribution is 7.09. The van der Waals surface area contributed by atoms with Crippen molar-refractivity contribution in [2.45, 2.75) is 13.5 Å². The average Bonchev–Trinajstić information content (AvgIpc) is 2.75. The van der Waals surface area contributed by atoms with Gasteiger partial charge in [-0.1, -0.05) is 11.6 Å². The van der Waals surface area contributed by atoms with Crippen LogP contribution in [0.1, 0.15) is 21.1 Å². The van der Waals surface area contributed by atoms with Crippen molar-refractivity contribution in [1.82, 2.24) is 10.3 Å². The summed E-state index contributed by atoms with van der Waals surface area (Å²) in [5.74, 6) is -0.252. The lowest BCUT2D eigenvalue weighted by molar-refractivity contribution is 0.0950. The normalized spacial score (nSPS) is 10.3. The molecule has 0 saturated carbocycles. The van der Waals surface area contributed by atoms with Crippen LogP contribution in [0.2, 0.25) is 5.02 Å². The summed E-state index contributed by atoms with van der Waals surface area (Å²) in [5, 5.41) is 6.03. The summed E-state index contributed by atoms with van der Waals surface area (Å²) in [4.78, 5) is 16.2. The lowest BCUT2D eigenvalue weighted by Gasteiger charge is -2.06. The molecule has 0 spiro atoms. The fourth-order valence-corrected chi connectivity index (χ4v) is 2.29. The molecule has 2 aromatic rings. The van der Waals surface area contributed by atoms with Crippen LogP contribution in [0, 0.1) is 6.92 Å². The van der Waals surface area contributed by atoms with Gasteiger partial charge >= 0.3 is 0 Å². The first kappa shape index (κ1) is 12.9. The largest absolute Gasteiger partial charge is 0.399 e. The Hall–Kier alpha value is -1.59. The lowest BCUT2D eigenvalue weighted by atomic mass is 10.2. The number of hydrogen-bond donors (Lipinski definition) is 2. The van der Waals surface area contributed by atoms with Gasteiger partial charge in [0.05, 0.1) is 27.8 Å². The fraction of sp³-hybridized carbons (Fsp3) is 0.167. The van der Waals surface area contributed by atoms with Crippen LogP contribution in [-0.4, -0.2) is 10.9 Å². The van der Waals surface area contributed by atoms with E-state index in [9.17, 15) is 4.79 Å². The number of thiazole rings is 1. The van der Waals surface area contributed by atoms with Gasteiger partial charge in [-0.05, 0) is 25.1 Å². The molecule has 1 heterocycles. The van der Waals surface area contributed by atoms with Gasteiger partial charge in [0, 0.05) is 11.1 Å². The van der Waals surface area contributed by atoms with Gasteiger partial charge in [0.25, 0.3) is 5.91 Å². The van der Waals surface area contributed by atoms with E-state index < -0.39 is 0 Å². The number of carbonyl (C=O) groups excluding carboxylic acids is 1. The predicted octanol–water partition coefficient (Wildman–Crippen LogP) is 2.62. The van der Waals surface area contributed by atoms with Crippen LogP contribution in [-0.2, 0) is 6.54 Å². The zero-order valence-corrected chi connectivity index (χ0v) is 11.3. The van der Waals surface area contributed by atoms with Crippen molar-refractivity contribution >= 4 is 34.5 Å². The van der Waals surface area contributed by atoms with Crippen molar-refractivity contribution in [3.63, 3.8) is 0 Å². The van der Waals surface area contributed by atoms with Gasteiger partial charge in [-0.15, -0.1) is 11.3 Å². The number of aromatic nitrogens is 1. The number of hydrogen-bond acceptors (Lipinski definition) is 4. The topological polar surface area (TPSA) is 68.0 Å². The van der Waals surface area contributed by atoms with E-state index in [1.54, 1.807) is 29.5 Å². The summed E-state index contributed by atoms with van der Waals surface area (Å²) >= 11 is 7.50. The average molecular weight is 282 g/mol. The van der Waals surface area contributed by atoms with Crippen molar-refractivity contribution in [3.8, 4) is 0 Å². The predicted molar refractivity (Wildman–Crippen MR) is 73.9 cm³/mol. The van der Waals surface area contributed by atoms with E-state index in [0.29, 0.717) is 22.8 Å². The minimum atomic E-state index is -0.252. The Balaban J connectivity index is 2.05. The molecule has 0 fully saturated rings. The second kappa shape index (κ2) is 5.37. The molecular formula is C12H12ClN3OS. The third-order valence-electron chi connectivity index (χ3n) is 2.33. The third-order valence-corrected chi connectivity index (χ3v) is 3.48. The summed E-state index contributed by atoms with van der Waals surface area (Å²) in [5.41, 5.74) is 7.35. The molecule has 4 nitrogen and oxygen atoms in total. The van der Waals surface area contributed by atoms with E-state index in [1.165, 1.54) is 0 Å². The van der Waals surface area contributed by atoms with E-state index in [0.717, 1.165) is 10.7 Å². The van der Waals surface area contributed by atoms with E-state index in [-0.39, 0.29) is 5.91 Å². The molecule has 0 atom stereocenters. The molecule has 0 saturated heterocycles. The summed E-state index contributed by atoms with van der Waals surface area (Å²) in [7, 11) is 0. The SMILES string of the molecule is Cc1nc(CNC(=O)c2cc(N)ccc2Cl)cs1. The molecule has 0 aliphatic rings. The highest BCUT2D eigenvalue weighted by atomic mass is 35.5. The van der Waals surface area contributed by atoms with Crippen LogP contribution in [0.3, 0.4) is 0 Å². The number of nitrogens with two attached hydrogens (primary N) is 1. The van der Waals surface area contributed by atoms with Gasteiger partial charge in [-0.3, -0.25) is 4.79 Å². The maximum Gasteiger partial charge on any atom is 0.253 e. The van der Waals surface area contributed by atoms with Crippen molar-refractivity contribution in [2.24, 2.45) is 0 Å². The zero-order valence-electron chi connectivity index (χ0n) is 9.74. The number of amides is 1. The minimum absolute atomic E-state index is 0.252. The molecule has 2 rings (SSSR count). The number of nitrogens with one attached hydrogen (secondary N) is 1. The second-order valence-corrected chi connectivity index (χ2v) is 5.25. The summed E-state index contributed by atoms with van der Waals surface area (Å²) in [6.07, 6.45) is 0. The maximum atomic E-state index is 11.9. The van der Waals surface area contributed by atoms with Gasteiger partial charge in [-0.25, -0.2) is 4.98 Å². The monoisotopic (exact) mass is 281 g/mol. The van der Waals surface area contributed by atoms with E-state index in [2.05, 4.69) is 10.3 Å². The first-order chi connectivity index (χ1) is 8.56. The molecule has 0 aliphatic heterocycles. The van der Waals surface area contributed by atoms with Crippen molar-refractivity contribution in [1.29, 1.82) is 0 Å². The number of rotatable bonds is 3. The van der Waals surface area contributed by atoms with Crippen LogP contribution in [0.15, 0.2) is 23.6 Å². The number of anilines is 1. The molecule has 0 bridgehead atoms. The first-order valence-corrected chi connectivity index (χ1v) is 6.56. The standard InChI is InChI=1S/C12H12ClN3OS/c1-7-16-9(6-18-7)5-15-12(17)10-4-8(14)2-3-11(10)13/h2-4,6H,5,14H2,1H3,(H,15,17). The summed E-state index contributed by atoms with van der Waals surface area (Å²) < 4.78 is 0. The van der Waals surface area contributed by atoms with Crippen molar-refractivity contribution < 1.29 is 4.79 Å². The van der Waals surface area contributed by atoms with E-state index in [4.69, 9.17) is 17.3 Å². The molecular weight excluding hydrogens is 270 g/mol. The highest BCUT2D eigenvalue weighted by Gasteiger charge is 2.10. The molecule has 6 heteroatoms. The number of nitrogen functional groups attached to an aromatic ring is 1. The minimum Gasteiger partial charge on any atom is -0.399 e. The Kier molecular flexibility index (Phi) is 3.84. The van der Waals surface area contributed by atoms with Crippen molar-refractivity contribution in [3.05, 3.63) is 44.9 Å². The Labute approximate surface area is 114 Å². The molecule has 0 radical (unpaired) electrons. The molecule has 1 aromatic heterocycles. The Morgan fingerprint density at radius 3 is 3.00 bits per heavy atom. The number of benzene rings is 1. The Morgan fingerprint density at radius 2 is 2.33 bits per heavy atom.